The highest BCUT2D eigenvalue weighted by Gasteiger charge is 2.13. The van der Waals surface area contributed by atoms with Crippen LogP contribution in [0.25, 0.3) is 0 Å². The highest BCUT2D eigenvalue weighted by molar-refractivity contribution is 5.76. The third-order valence-corrected chi connectivity index (χ3v) is 3.18. The second-order valence-corrected chi connectivity index (χ2v) is 4.98. The predicted octanol–water partition coefficient (Wildman–Crippen LogP) is 4.97. The first-order valence-electron chi connectivity index (χ1n) is 7.89. The Labute approximate surface area is 133 Å². The molecule has 0 saturated heterocycles. The maximum atomic E-state index is 10.9. The van der Waals surface area contributed by atoms with Crippen LogP contribution in [0.5, 0.6) is 11.5 Å². The highest BCUT2D eigenvalue weighted by Crippen LogP contribution is 2.30. The Morgan fingerprint density at radius 1 is 1.23 bits per heavy atom. The topological polar surface area (TPSA) is 35.5 Å². The molecule has 0 amide bonds. The summed E-state index contributed by atoms with van der Waals surface area (Å²) >= 11 is 0. The minimum atomic E-state index is 0.0558. The Morgan fingerprint density at radius 2 is 2.05 bits per heavy atom. The Bertz CT molecular complexity index is 491. The van der Waals surface area contributed by atoms with Crippen molar-refractivity contribution < 1.29 is 14.3 Å². The molecular weight excluding hydrogens is 276 g/mol. The zero-order chi connectivity index (χ0) is 16.2. The SMILES string of the molecule is C=CCC(CCC=CCC)Oc1ccc(C=O)cc1OCC. The summed E-state index contributed by atoms with van der Waals surface area (Å²) in [6.45, 7) is 8.36. The van der Waals surface area contributed by atoms with E-state index >= 15 is 0 Å². The fourth-order valence-electron chi connectivity index (χ4n) is 2.12. The minimum absolute atomic E-state index is 0.0558. The Kier molecular flexibility index (Phi) is 8.73. The maximum Gasteiger partial charge on any atom is 0.161 e. The molecule has 1 aromatic carbocycles. The van der Waals surface area contributed by atoms with E-state index in [-0.39, 0.29) is 6.10 Å². The van der Waals surface area contributed by atoms with Crippen LogP contribution in [0.2, 0.25) is 0 Å². The summed E-state index contributed by atoms with van der Waals surface area (Å²) in [4.78, 5) is 10.9. The Hall–Kier alpha value is -2.03. The molecule has 0 spiro atoms. The van der Waals surface area contributed by atoms with E-state index in [0.29, 0.717) is 23.7 Å². The number of hydrogen-bond donors (Lipinski definition) is 0. The van der Waals surface area contributed by atoms with Gasteiger partial charge in [0.15, 0.2) is 11.5 Å². The van der Waals surface area contributed by atoms with Crippen molar-refractivity contribution in [2.45, 2.75) is 45.6 Å². The number of allylic oxidation sites excluding steroid dienone is 2. The van der Waals surface area contributed by atoms with Crippen molar-refractivity contribution in [1.82, 2.24) is 0 Å². The van der Waals surface area contributed by atoms with Crippen molar-refractivity contribution in [3.8, 4) is 11.5 Å². The number of ether oxygens (including phenoxy) is 2. The average Bonchev–Trinajstić information content (AvgIpc) is 2.53. The van der Waals surface area contributed by atoms with Crippen LogP contribution < -0.4 is 9.47 Å². The van der Waals surface area contributed by atoms with Crippen molar-refractivity contribution in [3.05, 3.63) is 48.6 Å². The van der Waals surface area contributed by atoms with E-state index in [9.17, 15) is 4.79 Å². The number of hydrogen-bond acceptors (Lipinski definition) is 3. The van der Waals surface area contributed by atoms with E-state index in [1.54, 1.807) is 18.2 Å². The van der Waals surface area contributed by atoms with Crippen molar-refractivity contribution >= 4 is 6.29 Å². The second kappa shape index (κ2) is 10.7. The standard InChI is InChI=1S/C19H26O3/c1-4-7-8-9-11-17(10-5-2)22-18-13-12-16(15-20)14-19(18)21-6-3/h5,7-8,12-15,17H,2,4,6,9-11H2,1,3H3. The lowest BCUT2D eigenvalue weighted by Crippen LogP contribution is -2.16. The van der Waals surface area contributed by atoms with Crippen LogP contribution in [0.1, 0.15) is 49.9 Å². The molecule has 0 N–H and O–H groups in total. The molecule has 0 saturated carbocycles. The van der Waals surface area contributed by atoms with Crippen molar-refractivity contribution in [1.29, 1.82) is 0 Å². The summed E-state index contributed by atoms with van der Waals surface area (Å²) < 4.78 is 11.7. The molecule has 0 aliphatic carbocycles. The molecule has 1 atom stereocenters. The smallest absolute Gasteiger partial charge is 0.161 e. The lowest BCUT2D eigenvalue weighted by Gasteiger charge is -2.19. The van der Waals surface area contributed by atoms with Gasteiger partial charge < -0.3 is 9.47 Å². The molecular formula is C19H26O3. The summed E-state index contributed by atoms with van der Waals surface area (Å²) in [7, 11) is 0. The Balaban J connectivity index is 2.80. The molecule has 0 bridgehead atoms. The van der Waals surface area contributed by atoms with Gasteiger partial charge in [0, 0.05) is 12.0 Å². The zero-order valence-electron chi connectivity index (χ0n) is 13.6. The molecule has 0 aromatic heterocycles. The molecule has 3 heteroatoms. The summed E-state index contributed by atoms with van der Waals surface area (Å²) in [6, 6.07) is 5.26. The van der Waals surface area contributed by atoms with Crippen LogP contribution in [0.15, 0.2) is 43.0 Å². The number of rotatable bonds is 11. The molecule has 3 nitrogen and oxygen atoms in total. The fourth-order valence-corrected chi connectivity index (χ4v) is 2.12. The summed E-state index contributed by atoms with van der Waals surface area (Å²) in [5.74, 6) is 1.30. The van der Waals surface area contributed by atoms with Crippen LogP contribution >= 0.6 is 0 Å². The molecule has 0 aliphatic rings. The lowest BCUT2D eigenvalue weighted by molar-refractivity contribution is 0.112. The number of aldehydes is 1. The summed E-state index contributed by atoms with van der Waals surface area (Å²) in [5.41, 5.74) is 0.585. The van der Waals surface area contributed by atoms with Gasteiger partial charge in [-0.2, -0.15) is 0 Å². The van der Waals surface area contributed by atoms with E-state index in [1.165, 1.54) is 0 Å². The normalized spacial score (nSPS) is 12.1. The van der Waals surface area contributed by atoms with Crippen LogP contribution in [-0.2, 0) is 0 Å². The largest absolute Gasteiger partial charge is 0.490 e. The van der Waals surface area contributed by atoms with Gasteiger partial charge in [-0.25, -0.2) is 0 Å². The van der Waals surface area contributed by atoms with Crippen LogP contribution in [0.3, 0.4) is 0 Å². The van der Waals surface area contributed by atoms with Gasteiger partial charge >= 0.3 is 0 Å². The van der Waals surface area contributed by atoms with Gasteiger partial charge in [0.2, 0.25) is 0 Å². The van der Waals surface area contributed by atoms with Gasteiger partial charge in [-0.05, 0) is 44.4 Å². The Morgan fingerprint density at radius 3 is 2.68 bits per heavy atom. The molecule has 1 aromatic rings. The van der Waals surface area contributed by atoms with Gasteiger partial charge in [-0.15, -0.1) is 6.58 Å². The predicted molar refractivity (Wildman–Crippen MR) is 90.9 cm³/mol. The van der Waals surface area contributed by atoms with Gasteiger partial charge in [0.1, 0.15) is 12.4 Å². The van der Waals surface area contributed by atoms with Gasteiger partial charge in [-0.1, -0.05) is 25.2 Å². The van der Waals surface area contributed by atoms with Gasteiger partial charge in [0.05, 0.1) is 6.61 Å². The average molecular weight is 302 g/mol. The molecule has 0 heterocycles. The monoisotopic (exact) mass is 302 g/mol. The van der Waals surface area contributed by atoms with Gasteiger partial charge in [0.25, 0.3) is 0 Å². The minimum Gasteiger partial charge on any atom is -0.490 e. The van der Waals surface area contributed by atoms with E-state index in [4.69, 9.17) is 9.47 Å². The maximum absolute atomic E-state index is 10.9. The third-order valence-electron chi connectivity index (χ3n) is 3.18. The summed E-state index contributed by atoms with van der Waals surface area (Å²) in [5, 5.41) is 0. The van der Waals surface area contributed by atoms with Crippen LogP contribution in [0.4, 0.5) is 0 Å². The van der Waals surface area contributed by atoms with Crippen molar-refractivity contribution in [2.24, 2.45) is 0 Å². The second-order valence-electron chi connectivity index (χ2n) is 4.98. The first-order valence-corrected chi connectivity index (χ1v) is 7.89. The molecule has 120 valence electrons. The molecule has 0 fully saturated rings. The van der Waals surface area contributed by atoms with E-state index in [2.05, 4.69) is 25.7 Å². The molecule has 1 rings (SSSR count). The molecule has 22 heavy (non-hydrogen) atoms. The van der Waals surface area contributed by atoms with Crippen molar-refractivity contribution in [3.63, 3.8) is 0 Å². The molecule has 0 aliphatic heterocycles. The first-order chi connectivity index (χ1) is 10.7. The van der Waals surface area contributed by atoms with E-state index in [0.717, 1.165) is 32.0 Å². The number of benzene rings is 1. The third kappa shape index (κ3) is 6.17. The number of carbonyl (C=O) groups excluding carboxylic acids is 1. The lowest BCUT2D eigenvalue weighted by atomic mass is 10.1. The van der Waals surface area contributed by atoms with Gasteiger partial charge in [-0.3, -0.25) is 4.79 Å². The zero-order valence-corrected chi connectivity index (χ0v) is 13.6. The summed E-state index contributed by atoms with van der Waals surface area (Å²) in [6.07, 6.45) is 10.8. The van der Waals surface area contributed by atoms with E-state index in [1.807, 2.05) is 13.0 Å². The fraction of sp³-hybridized carbons (Fsp3) is 0.421. The first kappa shape index (κ1) is 18.0. The van der Waals surface area contributed by atoms with Crippen LogP contribution in [0, 0.1) is 0 Å². The highest BCUT2D eigenvalue weighted by atomic mass is 16.5. The quantitative estimate of drug-likeness (QED) is 0.428. The number of carbonyl (C=O) groups is 1. The molecule has 1 unspecified atom stereocenters. The molecule has 0 radical (unpaired) electrons. The van der Waals surface area contributed by atoms with Crippen molar-refractivity contribution in [2.75, 3.05) is 6.61 Å². The van der Waals surface area contributed by atoms with Crippen LogP contribution in [-0.4, -0.2) is 19.0 Å². The van der Waals surface area contributed by atoms with E-state index < -0.39 is 0 Å².